The van der Waals surface area contributed by atoms with Gasteiger partial charge in [0, 0.05) is 19.8 Å². The monoisotopic (exact) mass is 204 g/mol. The van der Waals surface area contributed by atoms with Crippen LogP contribution in [0.4, 0.5) is 5.69 Å². The van der Waals surface area contributed by atoms with Crippen molar-refractivity contribution in [2.24, 2.45) is 5.73 Å². The molecule has 0 aromatic heterocycles. The zero-order valence-electron chi connectivity index (χ0n) is 9.66. The van der Waals surface area contributed by atoms with Gasteiger partial charge in [-0.1, -0.05) is 18.2 Å². The van der Waals surface area contributed by atoms with Crippen molar-refractivity contribution in [2.45, 2.75) is 24.7 Å². The zero-order chi connectivity index (χ0) is 10.9. The molecule has 0 spiro atoms. The maximum atomic E-state index is 5.70. The van der Waals surface area contributed by atoms with Crippen LogP contribution in [0.25, 0.3) is 0 Å². The quantitative estimate of drug-likeness (QED) is 0.814. The van der Waals surface area contributed by atoms with Crippen LogP contribution in [-0.2, 0) is 5.41 Å². The minimum absolute atomic E-state index is 0.398. The van der Waals surface area contributed by atoms with E-state index in [4.69, 9.17) is 5.73 Å². The van der Waals surface area contributed by atoms with Gasteiger partial charge in [-0.15, -0.1) is 0 Å². The Morgan fingerprint density at radius 3 is 2.47 bits per heavy atom. The van der Waals surface area contributed by atoms with Crippen LogP contribution >= 0.6 is 0 Å². The van der Waals surface area contributed by atoms with Gasteiger partial charge in [0.25, 0.3) is 0 Å². The summed E-state index contributed by atoms with van der Waals surface area (Å²) in [6, 6.07) is 8.71. The lowest BCUT2D eigenvalue weighted by atomic mass is 9.90. The van der Waals surface area contributed by atoms with Crippen molar-refractivity contribution in [3.63, 3.8) is 0 Å². The molecule has 1 saturated carbocycles. The van der Waals surface area contributed by atoms with E-state index in [0.717, 1.165) is 13.0 Å². The molecule has 0 bridgehead atoms. The van der Waals surface area contributed by atoms with Gasteiger partial charge in [0.05, 0.1) is 0 Å². The number of hydrogen-bond donors (Lipinski definition) is 1. The van der Waals surface area contributed by atoms with Crippen LogP contribution in [0.3, 0.4) is 0 Å². The SMILES string of the molecule is CN(C)c1ccccc1C1(CCN)CC1. The van der Waals surface area contributed by atoms with Crippen LogP contribution in [0.15, 0.2) is 24.3 Å². The third-order valence-electron chi connectivity index (χ3n) is 3.43. The van der Waals surface area contributed by atoms with Gasteiger partial charge in [0.1, 0.15) is 0 Å². The molecule has 2 heteroatoms. The average molecular weight is 204 g/mol. The molecule has 0 saturated heterocycles. The predicted molar refractivity (Wildman–Crippen MR) is 65.4 cm³/mol. The second-order valence-electron chi connectivity index (χ2n) is 4.73. The first kappa shape index (κ1) is 10.5. The Kier molecular flexibility index (Phi) is 2.70. The van der Waals surface area contributed by atoms with Crippen molar-refractivity contribution >= 4 is 5.69 Å². The second-order valence-corrected chi connectivity index (χ2v) is 4.73. The number of anilines is 1. The Labute approximate surface area is 92.1 Å². The van der Waals surface area contributed by atoms with Crippen molar-refractivity contribution in [3.8, 4) is 0 Å². The maximum absolute atomic E-state index is 5.70. The van der Waals surface area contributed by atoms with Gasteiger partial charge in [-0.3, -0.25) is 0 Å². The first-order valence-electron chi connectivity index (χ1n) is 5.66. The van der Waals surface area contributed by atoms with Crippen LogP contribution < -0.4 is 10.6 Å². The van der Waals surface area contributed by atoms with Crippen molar-refractivity contribution < 1.29 is 0 Å². The Bertz CT molecular complexity index is 340. The average Bonchev–Trinajstić information content (AvgIpc) is 2.99. The van der Waals surface area contributed by atoms with E-state index in [1.54, 1.807) is 0 Å². The molecule has 0 radical (unpaired) electrons. The summed E-state index contributed by atoms with van der Waals surface area (Å²) in [5.41, 5.74) is 8.94. The summed E-state index contributed by atoms with van der Waals surface area (Å²) in [4.78, 5) is 2.20. The molecular weight excluding hydrogens is 184 g/mol. The van der Waals surface area contributed by atoms with E-state index < -0.39 is 0 Å². The van der Waals surface area contributed by atoms with E-state index in [1.165, 1.54) is 24.1 Å². The molecule has 82 valence electrons. The van der Waals surface area contributed by atoms with E-state index in [9.17, 15) is 0 Å². The summed E-state index contributed by atoms with van der Waals surface area (Å²) >= 11 is 0. The third kappa shape index (κ3) is 1.86. The van der Waals surface area contributed by atoms with E-state index in [1.807, 2.05) is 0 Å². The summed E-state index contributed by atoms with van der Waals surface area (Å²) < 4.78 is 0. The number of nitrogens with two attached hydrogens (primary N) is 1. The fraction of sp³-hybridized carbons (Fsp3) is 0.538. The minimum atomic E-state index is 0.398. The first-order valence-corrected chi connectivity index (χ1v) is 5.66. The summed E-state index contributed by atoms with van der Waals surface area (Å²) in [6.45, 7) is 0.793. The van der Waals surface area contributed by atoms with Crippen LogP contribution in [-0.4, -0.2) is 20.6 Å². The fourth-order valence-corrected chi connectivity index (χ4v) is 2.39. The van der Waals surface area contributed by atoms with Gasteiger partial charge < -0.3 is 10.6 Å². The van der Waals surface area contributed by atoms with E-state index >= 15 is 0 Å². The number of nitrogens with zero attached hydrogens (tertiary/aromatic N) is 1. The number of para-hydroxylation sites is 1. The highest BCUT2D eigenvalue weighted by Gasteiger charge is 2.44. The van der Waals surface area contributed by atoms with Crippen molar-refractivity contribution in [1.29, 1.82) is 0 Å². The van der Waals surface area contributed by atoms with Crippen molar-refractivity contribution in [1.82, 2.24) is 0 Å². The first-order chi connectivity index (χ1) is 7.19. The zero-order valence-corrected chi connectivity index (χ0v) is 9.66. The van der Waals surface area contributed by atoms with Crippen LogP contribution in [0.1, 0.15) is 24.8 Å². The molecule has 1 aromatic carbocycles. The van der Waals surface area contributed by atoms with Gasteiger partial charge in [-0.25, -0.2) is 0 Å². The normalized spacial score (nSPS) is 17.5. The molecule has 2 N–H and O–H groups in total. The lowest BCUT2D eigenvalue weighted by Crippen LogP contribution is -2.18. The highest BCUT2D eigenvalue weighted by molar-refractivity contribution is 5.57. The molecule has 1 aromatic rings. The molecule has 0 unspecified atom stereocenters. The van der Waals surface area contributed by atoms with E-state index in [2.05, 4.69) is 43.3 Å². The Hall–Kier alpha value is -1.02. The summed E-state index contributed by atoms with van der Waals surface area (Å²) in [7, 11) is 4.22. The summed E-state index contributed by atoms with van der Waals surface area (Å²) in [5.74, 6) is 0. The van der Waals surface area contributed by atoms with Gasteiger partial charge in [-0.05, 0) is 42.9 Å². The largest absolute Gasteiger partial charge is 0.377 e. The minimum Gasteiger partial charge on any atom is -0.377 e. The van der Waals surface area contributed by atoms with Gasteiger partial charge >= 0.3 is 0 Å². The molecule has 0 heterocycles. The highest BCUT2D eigenvalue weighted by Crippen LogP contribution is 2.53. The molecule has 0 aliphatic heterocycles. The fourth-order valence-electron chi connectivity index (χ4n) is 2.39. The standard InChI is InChI=1S/C13H20N2/c1-15(2)12-6-4-3-5-11(12)13(7-8-13)9-10-14/h3-6H,7-10,14H2,1-2H3. The topological polar surface area (TPSA) is 29.3 Å². The van der Waals surface area contributed by atoms with Gasteiger partial charge in [0.2, 0.25) is 0 Å². The van der Waals surface area contributed by atoms with Crippen molar-refractivity contribution in [2.75, 3.05) is 25.5 Å². The van der Waals surface area contributed by atoms with Crippen molar-refractivity contribution in [3.05, 3.63) is 29.8 Å². The lowest BCUT2D eigenvalue weighted by Gasteiger charge is -2.23. The van der Waals surface area contributed by atoms with Crippen LogP contribution in [0.2, 0.25) is 0 Å². The smallest absolute Gasteiger partial charge is 0.0399 e. The molecule has 0 atom stereocenters. The van der Waals surface area contributed by atoms with E-state index in [0.29, 0.717) is 5.41 Å². The third-order valence-corrected chi connectivity index (χ3v) is 3.43. The highest BCUT2D eigenvalue weighted by atomic mass is 15.1. The lowest BCUT2D eigenvalue weighted by molar-refractivity contribution is 0.628. The molecular formula is C13H20N2. The van der Waals surface area contributed by atoms with Crippen LogP contribution in [0.5, 0.6) is 0 Å². The molecule has 15 heavy (non-hydrogen) atoms. The molecule has 2 nitrogen and oxygen atoms in total. The van der Waals surface area contributed by atoms with Crippen LogP contribution in [0, 0.1) is 0 Å². The number of benzene rings is 1. The predicted octanol–water partition coefficient (Wildman–Crippen LogP) is 2.13. The molecule has 1 aliphatic carbocycles. The molecule has 2 rings (SSSR count). The Balaban J connectivity index is 2.35. The molecule has 1 fully saturated rings. The molecule has 1 aliphatic rings. The summed E-state index contributed by atoms with van der Waals surface area (Å²) in [5, 5.41) is 0. The van der Waals surface area contributed by atoms with E-state index in [-0.39, 0.29) is 0 Å². The second kappa shape index (κ2) is 3.86. The van der Waals surface area contributed by atoms with Gasteiger partial charge in [-0.2, -0.15) is 0 Å². The number of hydrogen-bond acceptors (Lipinski definition) is 2. The van der Waals surface area contributed by atoms with Gasteiger partial charge in [0.15, 0.2) is 0 Å². The Morgan fingerprint density at radius 1 is 1.27 bits per heavy atom. The summed E-state index contributed by atoms with van der Waals surface area (Å²) in [6.07, 6.45) is 3.72. The maximum Gasteiger partial charge on any atom is 0.0399 e. The number of rotatable bonds is 4. The molecule has 0 amide bonds. The Morgan fingerprint density at radius 2 is 1.93 bits per heavy atom.